The van der Waals surface area contributed by atoms with Gasteiger partial charge in [-0.3, -0.25) is 0 Å². The molecule has 0 radical (unpaired) electrons. The number of rotatable bonds is 2. The average molecular weight is 250 g/mol. The average Bonchev–Trinajstić information content (AvgIpc) is 2.10. The number of benzene rings is 1. The Morgan fingerprint density at radius 1 is 1.38 bits per heavy atom. The van der Waals surface area contributed by atoms with E-state index in [1.165, 1.54) is 6.07 Å². The summed E-state index contributed by atoms with van der Waals surface area (Å²) in [6.07, 6.45) is -1.35. The normalized spacial score (nSPS) is 12.8. The van der Waals surface area contributed by atoms with Crippen molar-refractivity contribution in [3.05, 3.63) is 22.2 Å². The van der Waals surface area contributed by atoms with Crippen LogP contribution >= 0.6 is 15.9 Å². The standard InChI is InChI=1S/C8H9BrFNO2/c9-5-2-8(13)7(12)1-4(5)6(10)3-11/h1-2,6,12-13H,3,11H2. The van der Waals surface area contributed by atoms with E-state index in [0.29, 0.717) is 4.47 Å². The van der Waals surface area contributed by atoms with E-state index in [2.05, 4.69) is 15.9 Å². The minimum absolute atomic E-state index is 0.164. The fourth-order valence-electron chi connectivity index (χ4n) is 0.934. The predicted molar refractivity (Wildman–Crippen MR) is 50.4 cm³/mol. The predicted octanol–water partition coefficient (Wildman–Crippen LogP) is 1.83. The summed E-state index contributed by atoms with van der Waals surface area (Å²) in [5.41, 5.74) is 5.36. The van der Waals surface area contributed by atoms with Crippen molar-refractivity contribution in [2.75, 3.05) is 6.54 Å². The maximum atomic E-state index is 13.1. The molecule has 0 aliphatic heterocycles. The Kier molecular flexibility index (Phi) is 3.11. The molecule has 0 aromatic heterocycles. The second-order valence-electron chi connectivity index (χ2n) is 2.57. The van der Waals surface area contributed by atoms with Gasteiger partial charge in [-0.25, -0.2) is 4.39 Å². The van der Waals surface area contributed by atoms with E-state index in [0.717, 1.165) is 6.07 Å². The van der Waals surface area contributed by atoms with Gasteiger partial charge in [-0.2, -0.15) is 0 Å². The molecule has 13 heavy (non-hydrogen) atoms. The van der Waals surface area contributed by atoms with Gasteiger partial charge in [0.25, 0.3) is 0 Å². The molecule has 0 bridgehead atoms. The summed E-state index contributed by atoms with van der Waals surface area (Å²) >= 11 is 3.06. The van der Waals surface area contributed by atoms with Crippen LogP contribution < -0.4 is 5.73 Å². The Balaban J connectivity index is 3.15. The van der Waals surface area contributed by atoms with Crippen LogP contribution in [0.2, 0.25) is 0 Å². The smallest absolute Gasteiger partial charge is 0.158 e. The lowest BCUT2D eigenvalue weighted by molar-refractivity contribution is 0.347. The zero-order valence-electron chi connectivity index (χ0n) is 6.67. The molecule has 1 aromatic rings. The Bertz CT molecular complexity index is 319. The van der Waals surface area contributed by atoms with Crippen molar-refractivity contribution in [3.63, 3.8) is 0 Å². The van der Waals surface area contributed by atoms with Crippen LogP contribution in [0.15, 0.2) is 16.6 Å². The molecule has 0 saturated carbocycles. The van der Waals surface area contributed by atoms with Crippen molar-refractivity contribution in [1.29, 1.82) is 0 Å². The topological polar surface area (TPSA) is 66.5 Å². The van der Waals surface area contributed by atoms with Gasteiger partial charge in [-0.1, -0.05) is 15.9 Å². The van der Waals surface area contributed by atoms with E-state index in [1.54, 1.807) is 0 Å². The highest BCUT2D eigenvalue weighted by molar-refractivity contribution is 9.10. The Morgan fingerprint density at radius 3 is 2.46 bits per heavy atom. The highest BCUT2D eigenvalue weighted by Crippen LogP contribution is 2.35. The second kappa shape index (κ2) is 3.93. The fraction of sp³-hybridized carbons (Fsp3) is 0.250. The molecule has 4 N–H and O–H groups in total. The first-order valence-corrected chi connectivity index (χ1v) is 4.41. The molecule has 0 amide bonds. The van der Waals surface area contributed by atoms with Gasteiger partial charge in [0.1, 0.15) is 6.17 Å². The van der Waals surface area contributed by atoms with Crippen molar-refractivity contribution < 1.29 is 14.6 Å². The van der Waals surface area contributed by atoms with E-state index < -0.39 is 6.17 Å². The van der Waals surface area contributed by atoms with Gasteiger partial charge in [-0.05, 0) is 12.1 Å². The Hall–Kier alpha value is -0.810. The summed E-state index contributed by atoms with van der Waals surface area (Å²) in [4.78, 5) is 0. The lowest BCUT2D eigenvalue weighted by atomic mass is 10.1. The molecule has 72 valence electrons. The molecule has 0 fully saturated rings. The number of halogens is 2. The monoisotopic (exact) mass is 249 g/mol. The second-order valence-corrected chi connectivity index (χ2v) is 3.42. The van der Waals surface area contributed by atoms with Crippen molar-refractivity contribution in [2.24, 2.45) is 5.73 Å². The Labute approximate surface area is 83.1 Å². The number of hydrogen-bond acceptors (Lipinski definition) is 3. The maximum absolute atomic E-state index is 13.1. The molecule has 5 heteroatoms. The van der Waals surface area contributed by atoms with Gasteiger partial charge >= 0.3 is 0 Å². The molecule has 1 atom stereocenters. The van der Waals surface area contributed by atoms with Crippen molar-refractivity contribution in [1.82, 2.24) is 0 Å². The summed E-state index contributed by atoms with van der Waals surface area (Å²) in [6, 6.07) is 2.38. The first-order valence-electron chi connectivity index (χ1n) is 3.61. The van der Waals surface area contributed by atoms with Crippen LogP contribution in [0.4, 0.5) is 4.39 Å². The zero-order valence-corrected chi connectivity index (χ0v) is 8.25. The van der Waals surface area contributed by atoms with Crippen LogP contribution in [0.5, 0.6) is 11.5 Å². The molecule has 0 aliphatic rings. The molecule has 0 heterocycles. The fourth-order valence-corrected chi connectivity index (χ4v) is 1.51. The molecule has 0 aliphatic carbocycles. The van der Waals surface area contributed by atoms with Crippen molar-refractivity contribution in [2.45, 2.75) is 6.17 Å². The summed E-state index contributed by atoms with van der Waals surface area (Å²) in [5, 5.41) is 18.1. The van der Waals surface area contributed by atoms with Crippen LogP contribution in [-0.2, 0) is 0 Å². The van der Waals surface area contributed by atoms with E-state index in [-0.39, 0.29) is 23.6 Å². The van der Waals surface area contributed by atoms with Crippen LogP contribution in [0.25, 0.3) is 0 Å². The summed E-state index contributed by atoms with van der Waals surface area (Å²) < 4.78 is 13.5. The highest BCUT2D eigenvalue weighted by Gasteiger charge is 2.14. The van der Waals surface area contributed by atoms with Gasteiger partial charge in [0.15, 0.2) is 11.5 Å². The maximum Gasteiger partial charge on any atom is 0.158 e. The third kappa shape index (κ3) is 2.10. The summed E-state index contributed by atoms with van der Waals surface area (Å²) in [7, 11) is 0. The van der Waals surface area contributed by atoms with Crippen molar-refractivity contribution >= 4 is 15.9 Å². The molecule has 0 saturated heterocycles. The van der Waals surface area contributed by atoms with Crippen LogP contribution in [0.3, 0.4) is 0 Å². The largest absolute Gasteiger partial charge is 0.504 e. The number of alkyl halides is 1. The van der Waals surface area contributed by atoms with Crippen LogP contribution in [0, 0.1) is 0 Å². The highest BCUT2D eigenvalue weighted by atomic mass is 79.9. The van der Waals surface area contributed by atoms with E-state index in [9.17, 15) is 4.39 Å². The van der Waals surface area contributed by atoms with Crippen molar-refractivity contribution in [3.8, 4) is 11.5 Å². The number of aromatic hydroxyl groups is 2. The number of nitrogens with two attached hydrogens (primary N) is 1. The lowest BCUT2D eigenvalue weighted by Crippen LogP contribution is -2.08. The first-order chi connectivity index (χ1) is 6.06. The van der Waals surface area contributed by atoms with E-state index in [4.69, 9.17) is 15.9 Å². The van der Waals surface area contributed by atoms with E-state index >= 15 is 0 Å². The molecular weight excluding hydrogens is 241 g/mol. The molecule has 0 spiro atoms. The number of phenols is 2. The number of hydrogen-bond donors (Lipinski definition) is 3. The van der Waals surface area contributed by atoms with Crippen LogP contribution in [-0.4, -0.2) is 16.8 Å². The van der Waals surface area contributed by atoms with Gasteiger partial charge in [0.05, 0.1) is 0 Å². The lowest BCUT2D eigenvalue weighted by Gasteiger charge is -2.09. The third-order valence-electron chi connectivity index (χ3n) is 1.64. The minimum Gasteiger partial charge on any atom is -0.504 e. The molecule has 3 nitrogen and oxygen atoms in total. The minimum atomic E-state index is -1.35. The van der Waals surface area contributed by atoms with Gasteiger partial charge < -0.3 is 15.9 Å². The molecule has 1 aromatic carbocycles. The molecule has 1 rings (SSSR count). The number of phenolic OH excluding ortho intramolecular Hbond substituents is 2. The van der Waals surface area contributed by atoms with Crippen LogP contribution in [0.1, 0.15) is 11.7 Å². The summed E-state index contributed by atoms with van der Waals surface area (Å²) in [5.74, 6) is -0.644. The SMILES string of the molecule is NCC(F)c1cc(O)c(O)cc1Br. The van der Waals surface area contributed by atoms with Gasteiger partial charge in [0.2, 0.25) is 0 Å². The zero-order chi connectivity index (χ0) is 10.0. The van der Waals surface area contributed by atoms with Gasteiger partial charge in [-0.15, -0.1) is 0 Å². The third-order valence-corrected chi connectivity index (χ3v) is 2.33. The summed E-state index contributed by atoms with van der Waals surface area (Å²) in [6.45, 7) is -0.164. The molecular formula is C8H9BrFNO2. The van der Waals surface area contributed by atoms with Gasteiger partial charge in [0, 0.05) is 16.6 Å². The quantitative estimate of drug-likeness (QED) is 0.701. The molecule has 1 unspecified atom stereocenters. The Morgan fingerprint density at radius 2 is 1.92 bits per heavy atom. The van der Waals surface area contributed by atoms with E-state index in [1.807, 2.05) is 0 Å². The first kappa shape index (κ1) is 10.3.